The van der Waals surface area contributed by atoms with Crippen molar-refractivity contribution in [2.45, 2.75) is 356 Å². The summed E-state index contributed by atoms with van der Waals surface area (Å²) in [6.45, 7) is 1.60. The van der Waals surface area contributed by atoms with Gasteiger partial charge in [0.05, 0.1) is 38.6 Å². The Balaban J connectivity index is 1.43. The van der Waals surface area contributed by atoms with Crippen LogP contribution in [0.15, 0.2) is 72.9 Å². The normalized spacial score (nSPS) is 28.1. The van der Waals surface area contributed by atoms with Gasteiger partial charge in [0.25, 0.3) is 0 Å². The van der Waals surface area contributed by atoms with E-state index < -0.39 is 124 Å². The second kappa shape index (κ2) is 54.3. The van der Waals surface area contributed by atoms with Crippen LogP contribution in [0.1, 0.15) is 251 Å². The van der Waals surface area contributed by atoms with Gasteiger partial charge in [-0.3, -0.25) is 4.79 Å². The molecule has 534 valence electrons. The van der Waals surface area contributed by atoms with Crippen LogP contribution in [-0.2, 0) is 33.2 Å². The Morgan fingerprint density at radius 3 is 1.22 bits per heavy atom. The van der Waals surface area contributed by atoms with E-state index in [-0.39, 0.29) is 18.9 Å². The molecule has 3 aliphatic heterocycles. The fraction of sp³-hybridized carbons (Fsp3) is 0.822. The Hall–Kier alpha value is -2.77. The second-order valence-corrected chi connectivity index (χ2v) is 25.6. The molecule has 0 spiro atoms. The fourth-order valence-corrected chi connectivity index (χ4v) is 11.9. The molecular weight excluding hydrogens is 1180 g/mol. The van der Waals surface area contributed by atoms with Gasteiger partial charge in [-0.15, -0.1) is 0 Å². The second-order valence-electron chi connectivity index (χ2n) is 25.6. The molecule has 0 aromatic carbocycles. The summed E-state index contributed by atoms with van der Waals surface area (Å²) in [4.78, 5) is 13.4. The minimum Gasteiger partial charge on any atom is -0.394 e. The lowest BCUT2D eigenvalue weighted by Gasteiger charge is -2.48. The number of aliphatic hydroxyl groups is 11. The Morgan fingerprint density at radius 2 is 0.761 bits per heavy atom. The summed E-state index contributed by atoms with van der Waals surface area (Å²) in [5, 5.41) is 121. The van der Waals surface area contributed by atoms with Gasteiger partial charge in [-0.05, 0) is 77.0 Å². The molecule has 3 aliphatic rings. The van der Waals surface area contributed by atoms with E-state index in [1.807, 2.05) is 6.08 Å². The number of nitrogens with one attached hydrogen (secondary N) is 1. The maximum Gasteiger partial charge on any atom is 0.220 e. The lowest BCUT2D eigenvalue weighted by atomic mass is 9.96. The molecule has 0 radical (unpaired) electrons. The first kappa shape index (κ1) is 83.5. The Labute approximate surface area is 553 Å². The maximum absolute atomic E-state index is 13.4. The maximum atomic E-state index is 13.4. The monoisotopic (exact) mass is 1310 g/mol. The van der Waals surface area contributed by atoms with Crippen molar-refractivity contribution in [3.63, 3.8) is 0 Å². The van der Waals surface area contributed by atoms with Gasteiger partial charge in [0, 0.05) is 6.42 Å². The first-order valence-electron chi connectivity index (χ1n) is 36.2. The third-order valence-corrected chi connectivity index (χ3v) is 17.7. The molecule has 3 heterocycles. The molecule has 0 aliphatic carbocycles. The molecule has 17 unspecified atom stereocenters. The van der Waals surface area contributed by atoms with Gasteiger partial charge in [0.15, 0.2) is 18.9 Å². The van der Waals surface area contributed by atoms with Gasteiger partial charge in [-0.2, -0.15) is 0 Å². The minimum atomic E-state index is -1.99. The number of hydrogen-bond acceptors (Lipinski definition) is 18. The lowest BCUT2D eigenvalue weighted by Crippen LogP contribution is -2.66. The summed E-state index contributed by atoms with van der Waals surface area (Å²) < 4.78 is 34.3. The van der Waals surface area contributed by atoms with Crippen molar-refractivity contribution in [3.8, 4) is 0 Å². The Kier molecular flexibility index (Phi) is 49.2. The van der Waals surface area contributed by atoms with Gasteiger partial charge in [0.1, 0.15) is 73.2 Å². The molecule has 19 nitrogen and oxygen atoms in total. The van der Waals surface area contributed by atoms with Gasteiger partial charge < -0.3 is 89.9 Å². The van der Waals surface area contributed by atoms with E-state index in [0.29, 0.717) is 12.8 Å². The summed E-state index contributed by atoms with van der Waals surface area (Å²) in [5.74, 6) is -0.301. The zero-order chi connectivity index (χ0) is 66.8. The number of carbonyl (C=O) groups is 1. The largest absolute Gasteiger partial charge is 0.394 e. The molecular formula is C73H129NO18. The van der Waals surface area contributed by atoms with E-state index in [1.165, 1.54) is 128 Å². The van der Waals surface area contributed by atoms with Crippen molar-refractivity contribution in [2.24, 2.45) is 0 Å². The molecule has 1 amide bonds. The van der Waals surface area contributed by atoms with E-state index in [2.05, 4.69) is 79.9 Å². The van der Waals surface area contributed by atoms with E-state index in [0.717, 1.165) is 89.9 Å². The van der Waals surface area contributed by atoms with Gasteiger partial charge in [0.2, 0.25) is 5.91 Å². The number of rotatable bonds is 55. The highest BCUT2D eigenvalue weighted by atomic mass is 16.8. The van der Waals surface area contributed by atoms with Crippen molar-refractivity contribution in [1.29, 1.82) is 0 Å². The van der Waals surface area contributed by atoms with Gasteiger partial charge in [-0.1, -0.05) is 241 Å². The van der Waals surface area contributed by atoms with Crippen LogP contribution < -0.4 is 5.32 Å². The molecule has 0 aromatic heterocycles. The molecule has 3 saturated heterocycles. The van der Waals surface area contributed by atoms with E-state index in [4.69, 9.17) is 28.4 Å². The van der Waals surface area contributed by atoms with Crippen molar-refractivity contribution in [3.05, 3.63) is 72.9 Å². The number of allylic oxidation sites excluding steroid dienone is 11. The molecule has 0 aromatic rings. The average molecular weight is 1310 g/mol. The lowest BCUT2D eigenvalue weighted by molar-refractivity contribution is -0.379. The zero-order valence-corrected chi connectivity index (χ0v) is 56.5. The van der Waals surface area contributed by atoms with Crippen LogP contribution in [-0.4, -0.2) is 193 Å². The molecule has 19 heteroatoms. The molecule has 0 saturated carbocycles. The molecule has 0 bridgehead atoms. The van der Waals surface area contributed by atoms with Gasteiger partial charge >= 0.3 is 0 Å². The third-order valence-electron chi connectivity index (χ3n) is 17.7. The van der Waals surface area contributed by atoms with Crippen LogP contribution in [0.5, 0.6) is 0 Å². The average Bonchev–Trinajstić information content (AvgIpc) is 0.838. The highest BCUT2D eigenvalue weighted by molar-refractivity contribution is 5.76. The highest BCUT2D eigenvalue weighted by Crippen LogP contribution is 2.33. The van der Waals surface area contributed by atoms with Crippen molar-refractivity contribution in [1.82, 2.24) is 5.32 Å². The number of amides is 1. The van der Waals surface area contributed by atoms with Crippen molar-refractivity contribution < 1.29 is 89.4 Å². The van der Waals surface area contributed by atoms with Crippen molar-refractivity contribution >= 4 is 5.91 Å². The van der Waals surface area contributed by atoms with E-state index >= 15 is 0 Å². The smallest absolute Gasteiger partial charge is 0.220 e. The van der Waals surface area contributed by atoms with Crippen molar-refractivity contribution in [2.75, 3.05) is 26.4 Å². The zero-order valence-electron chi connectivity index (χ0n) is 56.5. The summed E-state index contributed by atoms with van der Waals surface area (Å²) in [6.07, 6.45) is 41.8. The molecule has 92 heavy (non-hydrogen) atoms. The van der Waals surface area contributed by atoms with Gasteiger partial charge in [-0.25, -0.2) is 0 Å². The molecule has 17 atom stereocenters. The number of unbranched alkanes of at least 4 members (excludes halogenated alkanes) is 29. The first-order valence-corrected chi connectivity index (χ1v) is 36.2. The first-order chi connectivity index (χ1) is 44.8. The summed E-state index contributed by atoms with van der Waals surface area (Å²) in [6, 6.07) is -1.01. The van der Waals surface area contributed by atoms with Crippen LogP contribution >= 0.6 is 0 Å². The van der Waals surface area contributed by atoms with Crippen LogP contribution in [0, 0.1) is 0 Å². The Bertz CT molecular complexity index is 1950. The number of ether oxygens (including phenoxy) is 6. The van der Waals surface area contributed by atoms with Crippen LogP contribution in [0.25, 0.3) is 0 Å². The van der Waals surface area contributed by atoms with E-state index in [9.17, 15) is 61.0 Å². The highest BCUT2D eigenvalue weighted by Gasteiger charge is 2.53. The number of carbonyl (C=O) groups excluding carboxylic acids is 1. The number of hydrogen-bond donors (Lipinski definition) is 12. The molecule has 3 fully saturated rings. The standard InChI is InChI=1S/C73H129NO18/c1-3-5-7-9-11-13-15-17-19-21-22-23-24-25-26-27-28-29-30-31-32-33-35-36-38-40-42-44-46-48-50-57(78)56(74-61(79)51-49-47-45-43-41-39-37-34-20-18-16-14-12-10-8-6-4-2)55-87-71-67(85)64(82)69(59(53-76)89-71)92-73-68(86)65(83)70(60(54-77)90-73)91-72-66(84)63(81)62(80)58(52-75)88-72/h6,8,12,14,18,20,33,35,40,42,48,50,56-60,62-73,75-78,80-86H,3-5,7,9-11,13,15-17,19,21-32,34,36-39,41,43-47,49,51-55H2,1-2H3,(H,74,79)/b8-6-,14-12-,20-18-,35-33+,42-40+,50-48+. The summed E-state index contributed by atoms with van der Waals surface area (Å²) in [7, 11) is 0. The third kappa shape index (κ3) is 35.5. The topological polar surface area (TPSA) is 307 Å². The Morgan fingerprint density at radius 1 is 0.402 bits per heavy atom. The van der Waals surface area contributed by atoms with Crippen LogP contribution in [0.2, 0.25) is 0 Å². The predicted molar refractivity (Wildman–Crippen MR) is 360 cm³/mol. The van der Waals surface area contributed by atoms with Crippen LogP contribution in [0.3, 0.4) is 0 Å². The fourth-order valence-electron chi connectivity index (χ4n) is 11.9. The predicted octanol–water partition coefficient (Wildman–Crippen LogP) is 10.1. The minimum absolute atomic E-state index is 0.217. The summed E-state index contributed by atoms with van der Waals surface area (Å²) in [5.41, 5.74) is 0. The molecule has 12 N–H and O–H groups in total. The summed E-state index contributed by atoms with van der Waals surface area (Å²) >= 11 is 0. The quantitative estimate of drug-likeness (QED) is 0.0199. The SMILES string of the molecule is CC/C=C\C/C=C\C/C=C\CCCCCCCCCC(=O)NC(COC1OC(CO)C(OC2OC(CO)C(OC3OC(CO)C(O)C(O)C3O)C(O)C2O)C(O)C1O)C(O)/C=C/CC/C=C/CC/C=C/CCCCCCCCCCCCCCCCCCCCCC. The van der Waals surface area contributed by atoms with Crippen LogP contribution in [0.4, 0.5) is 0 Å². The van der Waals surface area contributed by atoms with E-state index in [1.54, 1.807) is 6.08 Å². The molecule has 3 rings (SSSR count). The number of aliphatic hydroxyl groups excluding tert-OH is 11.